The van der Waals surface area contributed by atoms with Crippen molar-refractivity contribution in [1.82, 2.24) is 4.72 Å². The van der Waals surface area contributed by atoms with Gasteiger partial charge in [0.1, 0.15) is 0 Å². The molecule has 7 heteroatoms. The standard InChI is InChI=1S/C3H6N2O4S/c1-10(8,9)5-3(7)2(4)6/h1H3,(H2,4,6)(H,5,7). The van der Waals surface area contributed by atoms with E-state index in [1.807, 2.05) is 0 Å². The van der Waals surface area contributed by atoms with Crippen LogP contribution in [0.4, 0.5) is 0 Å². The van der Waals surface area contributed by atoms with Gasteiger partial charge in [-0.15, -0.1) is 0 Å². The molecule has 0 aliphatic heterocycles. The number of nitrogens with two attached hydrogens (primary N) is 1. The van der Waals surface area contributed by atoms with Gasteiger partial charge in [-0.05, 0) is 0 Å². The number of carbonyl (C=O) groups excluding carboxylic acids is 2. The Bertz CT molecular complexity index is 254. The second-order valence-corrected chi connectivity index (χ2v) is 3.32. The van der Waals surface area contributed by atoms with Crippen molar-refractivity contribution in [3.05, 3.63) is 0 Å². The first-order valence-electron chi connectivity index (χ1n) is 2.14. The molecule has 2 amide bonds. The molecule has 0 bridgehead atoms. The van der Waals surface area contributed by atoms with E-state index in [-0.39, 0.29) is 0 Å². The van der Waals surface area contributed by atoms with Crippen molar-refractivity contribution in [3.63, 3.8) is 0 Å². The maximum absolute atomic E-state index is 10.2. The highest BCUT2D eigenvalue weighted by molar-refractivity contribution is 7.89. The molecule has 0 radical (unpaired) electrons. The summed E-state index contributed by atoms with van der Waals surface area (Å²) in [6.45, 7) is 0. The van der Waals surface area contributed by atoms with Crippen molar-refractivity contribution in [2.45, 2.75) is 0 Å². The van der Waals surface area contributed by atoms with Gasteiger partial charge in [0.15, 0.2) is 0 Å². The number of hydrogen-bond acceptors (Lipinski definition) is 4. The first kappa shape index (κ1) is 8.89. The molecule has 0 aromatic rings. The highest BCUT2D eigenvalue weighted by atomic mass is 32.2. The highest BCUT2D eigenvalue weighted by Gasteiger charge is 2.12. The summed E-state index contributed by atoms with van der Waals surface area (Å²) in [7, 11) is -3.67. The minimum absolute atomic E-state index is 0.744. The number of rotatable bonds is 1. The molecule has 0 spiro atoms. The molecule has 0 aliphatic rings. The summed E-state index contributed by atoms with van der Waals surface area (Å²) in [5.74, 6) is -2.66. The first-order chi connectivity index (χ1) is 4.33. The lowest BCUT2D eigenvalue weighted by Gasteiger charge is -1.95. The van der Waals surface area contributed by atoms with Gasteiger partial charge in [-0.2, -0.15) is 0 Å². The molecule has 0 rings (SSSR count). The average molecular weight is 166 g/mol. The summed E-state index contributed by atoms with van der Waals surface area (Å²) in [6.07, 6.45) is 0.744. The van der Waals surface area contributed by atoms with Crippen LogP contribution in [0.3, 0.4) is 0 Å². The molecule has 3 N–H and O–H groups in total. The van der Waals surface area contributed by atoms with E-state index in [0.717, 1.165) is 6.26 Å². The van der Waals surface area contributed by atoms with Crippen LogP contribution < -0.4 is 10.5 Å². The Kier molecular flexibility index (Phi) is 2.36. The Labute approximate surface area is 57.4 Å². The Morgan fingerprint density at radius 3 is 1.90 bits per heavy atom. The monoisotopic (exact) mass is 166 g/mol. The predicted molar refractivity (Wildman–Crippen MR) is 32.2 cm³/mol. The van der Waals surface area contributed by atoms with Crippen molar-refractivity contribution < 1.29 is 18.0 Å². The molecule has 0 aromatic carbocycles. The fourth-order valence-electron chi connectivity index (χ4n) is 0.219. The highest BCUT2D eigenvalue weighted by Crippen LogP contribution is 1.72. The number of amides is 2. The van der Waals surface area contributed by atoms with E-state index in [4.69, 9.17) is 0 Å². The molecule has 0 atom stereocenters. The van der Waals surface area contributed by atoms with Gasteiger partial charge in [-0.25, -0.2) is 13.1 Å². The van der Waals surface area contributed by atoms with E-state index in [2.05, 4.69) is 5.73 Å². The number of hydrogen-bond donors (Lipinski definition) is 2. The zero-order chi connectivity index (χ0) is 8.36. The molecule has 10 heavy (non-hydrogen) atoms. The number of nitrogens with one attached hydrogen (secondary N) is 1. The summed E-state index contributed by atoms with van der Waals surface area (Å²) >= 11 is 0. The van der Waals surface area contributed by atoms with Crippen LogP contribution in [0.5, 0.6) is 0 Å². The quantitative estimate of drug-likeness (QED) is 0.421. The molecule has 0 saturated heterocycles. The van der Waals surface area contributed by atoms with Crippen molar-refractivity contribution in [2.24, 2.45) is 5.73 Å². The Hall–Kier alpha value is -1.11. The number of primary amides is 1. The Morgan fingerprint density at radius 2 is 1.80 bits per heavy atom. The van der Waals surface area contributed by atoms with Gasteiger partial charge in [0.2, 0.25) is 10.0 Å². The molecule has 58 valence electrons. The van der Waals surface area contributed by atoms with Gasteiger partial charge >= 0.3 is 11.8 Å². The molecule has 0 heterocycles. The topological polar surface area (TPSA) is 106 Å². The van der Waals surface area contributed by atoms with Gasteiger partial charge < -0.3 is 5.73 Å². The van der Waals surface area contributed by atoms with E-state index in [1.165, 1.54) is 4.72 Å². The van der Waals surface area contributed by atoms with E-state index in [0.29, 0.717) is 0 Å². The number of carbonyl (C=O) groups is 2. The second kappa shape index (κ2) is 2.65. The molecule has 6 nitrogen and oxygen atoms in total. The molecule has 0 aliphatic carbocycles. The van der Waals surface area contributed by atoms with Crippen LogP contribution >= 0.6 is 0 Å². The minimum Gasteiger partial charge on any atom is -0.361 e. The van der Waals surface area contributed by atoms with Gasteiger partial charge in [0, 0.05) is 0 Å². The van der Waals surface area contributed by atoms with Gasteiger partial charge in [-0.3, -0.25) is 9.59 Å². The first-order valence-corrected chi connectivity index (χ1v) is 4.03. The third-order valence-corrected chi connectivity index (χ3v) is 1.06. The van der Waals surface area contributed by atoms with E-state index >= 15 is 0 Å². The average Bonchev–Trinajstić information content (AvgIpc) is 1.60. The lowest BCUT2D eigenvalue weighted by Crippen LogP contribution is -2.39. The fraction of sp³-hybridized carbons (Fsp3) is 0.333. The fourth-order valence-corrected chi connectivity index (χ4v) is 0.656. The smallest absolute Gasteiger partial charge is 0.322 e. The zero-order valence-corrected chi connectivity index (χ0v) is 5.94. The van der Waals surface area contributed by atoms with Crippen LogP contribution in [0.15, 0.2) is 0 Å². The Morgan fingerprint density at radius 1 is 1.40 bits per heavy atom. The van der Waals surface area contributed by atoms with Crippen molar-refractivity contribution in [3.8, 4) is 0 Å². The van der Waals surface area contributed by atoms with Crippen LogP contribution in [0.2, 0.25) is 0 Å². The lowest BCUT2D eigenvalue weighted by atomic mass is 10.6. The van der Waals surface area contributed by atoms with Crippen molar-refractivity contribution in [1.29, 1.82) is 0 Å². The summed E-state index contributed by atoms with van der Waals surface area (Å²) in [5, 5.41) is 0. The third-order valence-electron chi connectivity index (χ3n) is 0.502. The number of sulfonamides is 1. The summed E-state index contributed by atoms with van der Waals surface area (Å²) in [6, 6.07) is 0. The maximum atomic E-state index is 10.2. The van der Waals surface area contributed by atoms with E-state index < -0.39 is 21.8 Å². The van der Waals surface area contributed by atoms with Crippen LogP contribution in [-0.2, 0) is 19.6 Å². The van der Waals surface area contributed by atoms with E-state index in [1.54, 1.807) is 0 Å². The van der Waals surface area contributed by atoms with Crippen LogP contribution in [0.25, 0.3) is 0 Å². The Balaban J connectivity index is 4.21. The molecule has 0 saturated carbocycles. The maximum Gasteiger partial charge on any atom is 0.322 e. The van der Waals surface area contributed by atoms with Crippen LogP contribution in [0, 0.1) is 0 Å². The SMILES string of the molecule is CS(=O)(=O)NC(=O)C(N)=O. The van der Waals surface area contributed by atoms with E-state index in [9.17, 15) is 18.0 Å². The molecule has 0 aromatic heterocycles. The second-order valence-electron chi connectivity index (χ2n) is 1.57. The third kappa shape index (κ3) is 3.84. The summed E-state index contributed by atoms with van der Waals surface area (Å²) in [4.78, 5) is 20.1. The predicted octanol–water partition coefficient (Wildman–Crippen LogP) is -2.45. The lowest BCUT2D eigenvalue weighted by molar-refractivity contribution is -0.136. The molecular weight excluding hydrogens is 160 g/mol. The zero-order valence-electron chi connectivity index (χ0n) is 5.12. The van der Waals surface area contributed by atoms with Crippen molar-refractivity contribution in [2.75, 3.05) is 6.26 Å². The minimum atomic E-state index is -3.67. The normalized spacial score (nSPS) is 10.5. The van der Waals surface area contributed by atoms with Gasteiger partial charge in [0.05, 0.1) is 6.26 Å². The molecular formula is C3H6N2O4S. The summed E-state index contributed by atoms with van der Waals surface area (Å²) < 4.78 is 21.8. The summed E-state index contributed by atoms with van der Waals surface area (Å²) in [5.41, 5.74) is 4.43. The molecule has 0 unspecified atom stereocenters. The van der Waals surface area contributed by atoms with Crippen LogP contribution in [-0.4, -0.2) is 26.5 Å². The van der Waals surface area contributed by atoms with Gasteiger partial charge in [-0.1, -0.05) is 0 Å². The van der Waals surface area contributed by atoms with Gasteiger partial charge in [0.25, 0.3) is 0 Å². The van der Waals surface area contributed by atoms with Crippen LogP contribution in [0.1, 0.15) is 0 Å². The largest absolute Gasteiger partial charge is 0.361 e. The molecule has 0 fully saturated rings. The van der Waals surface area contributed by atoms with Crippen molar-refractivity contribution >= 4 is 21.8 Å².